The van der Waals surface area contributed by atoms with Crippen molar-refractivity contribution >= 4 is 38.4 Å². The van der Waals surface area contributed by atoms with Crippen LogP contribution in [0.1, 0.15) is 5.56 Å². The maximum absolute atomic E-state index is 11.4. The molecule has 1 aromatic carbocycles. The van der Waals surface area contributed by atoms with Gasteiger partial charge in [0.2, 0.25) is 5.91 Å². The Hall–Kier alpha value is -2.98. The average molecular weight is 396 g/mol. The number of benzene rings is 1. The predicted octanol–water partition coefficient (Wildman–Crippen LogP) is 2.85. The fraction of sp³-hybridized carbons (Fsp3) is 0.111. The lowest BCUT2D eigenvalue weighted by molar-refractivity contribution is -0.116. The highest BCUT2D eigenvalue weighted by Crippen LogP contribution is 2.35. The van der Waals surface area contributed by atoms with Gasteiger partial charge in [-0.2, -0.15) is 5.26 Å². The Kier molecular flexibility index (Phi) is 4.63. The third-order valence-corrected chi connectivity index (χ3v) is 4.29. The van der Waals surface area contributed by atoms with Crippen LogP contribution in [0.5, 0.6) is 0 Å². The number of anilines is 1. The summed E-state index contributed by atoms with van der Waals surface area (Å²) in [5.41, 5.74) is 8.34. The lowest BCUT2D eigenvalue weighted by atomic mass is 10.0. The number of hydrogen-bond donors (Lipinski definition) is 1. The monoisotopic (exact) mass is 395 g/mol. The van der Waals surface area contributed by atoms with E-state index in [0.29, 0.717) is 22.5 Å². The lowest BCUT2D eigenvalue weighted by Gasteiger charge is -2.22. The van der Waals surface area contributed by atoms with Gasteiger partial charge >= 0.3 is 0 Å². The maximum atomic E-state index is 11.4. The third-order valence-electron chi connectivity index (χ3n) is 3.77. The highest BCUT2D eigenvalue weighted by molar-refractivity contribution is 9.10. The van der Waals surface area contributed by atoms with Gasteiger partial charge < -0.3 is 10.6 Å². The zero-order valence-corrected chi connectivity index (χ0v) is 15.0. The molecule has 0 fully saturated rings. The van der Waals surface area contributed by atoms with Gasteiger partial charge in [-0.05, 0) is 18.2 Å². The van der Waals surface area contributed by atoms with Crippen molar-refractivity contribution < 1.29 is 4.79 Å². The number of hydrogen-bond acceptors (Lipinski definition) is 5. The average Bonchev–Trinajstić information content (AvgIpc) is 2.60. The van der Waals surface area contributed by atoms with Crippen LogP contribution in [0.15, 0.2) is 47.2 Å². The van der Waals surface area contributed by atoms with E-state index >= 15 is 0 Å². The van der Waals surface area contributed by atoms with Crippen LogP contribution in [0, 0.1) is 11.3 Å². The topological polar surface area (TPSA) is 95.9 Å². The summed E-state index contributed by atoms with van der Waals surface area (Å²) in [5, 5.41) is 10.5. The summed E-state index contributed by atoms with van der Waals surface area (Å²) >= 11 is 3.40. The Bertz CT molecular complexity index is 995. The standard InChI is InChI=1S/C18H14BrN5O/c1-24(10-16(21)25)18-13-6-7-22-9-15(13)23-17(14(18)8-20)11-2-4-12(19)5-3-11/h2-7,9H,10H2,1H3,(H2,21,25). The van der Waals surface area contributed by atoms with Crippen LogP contribution < -0.4 is 10.6 Å². The second kappa shape index (κ2) is 6.87. The molecule has 2 aromatic heterocycles. The molecule has 0 radical (unpaired) electrons. The van der Waals surface area contributed by atoms with Gasteiger partial charge in [-0.25, -0.2) is 4.98 Å². The van der Waals surface area contributed by atoms with Crippen LogP contribution in [0.3, 0.4) is 0 Å². The van der Waals surface area contributed by atoms with Crippen molar-refractivity contribution in [3.8, 4) is 17.3 Å². The molecule has 2 N–H and O–H groups in total. The van der Waals surface area contributed by atoms with Gasteiger partial charge in [0.1, 0.15) is 11.6 Å². The molecule has 3 rings (SSSR count). The van der Waals surface area contributed by atoms with E-state index in [2.05, 4.69) is 32.0 Å². The summed E-state index contributed by atoms with van der Waals surface area (Å²) in [6.07, 6.45) is 3.27. The predicted molar refractivity (Wildman–Crippen MR) is 99.9 cm³/mol. The number of carbonyl (C=O) groups is 1. The van der Waals surface area contributed by atoms with E-state index in [1.54, 1.807) is 30.4 Å². The first-order valence-electron chi connectivity index (χ1n) is 7.44. The largest absolute Gasteiger partial charge is 0.368 e. The second-order valence-corrected chi connectivity index (χ2v) is 6.43. The third kappa shape index (κ3) is 3.30. The molecular weight excluding hydrogens is 382 g/mol. The van der Waals surface area contributed by atoms with E-state index in [4.69, 9.17) is 5.73 Å². The first-order valence-corrected chi connectivity index (χ1v) is 8.23. The number of amides is 1. The van der Waals surface area contributed by atoms with E-state index in [0.717, 1.165) is 15.4 Å². The van der Waals surface area contributed by atoms with Gasteiger partial charge in [-0.3, -0.25) is 9.78 Å². The minimum absolute atomic E-state index is 0.00407. The van der Waals surface area contributed by atoms with Crippen molar-refractivity contribution in [3.63, 3.8) is 0 Å². The quantitative estimate of drug-likeness (QED) is 0.732. The normalized spacial score (nSPS) is 10.4. The molecule has 0 spiro atoms. The van der Waals surface area contributed by atoms with E-state index in [1.165, 1.54) is 0 Å². The van der Waals surface area contributed by atoms with Gasteiger partial charge in [0.15, 0.2) is 0 Å². The lowest BCUT2D eigenvalue weighted by Crippen LogP contribution is -2.31. The highest BCUT2D eigenvalue weighted by atomic mass is 79.9. The number of rotatable bonds is 4. The molecule has 1 amide bonds. The summed E-state index contributed by atoms with van der Waals surface area (Å²) in [5.74, 6) is -0.476. The Labute approximate surface area is 153 Å². The van der Waals surface area contributed by atoms with E-state index in [1.807, 2.05) is 24.3 Å². The molecule has 3 aromatic rings. The van der Waals surface area contributed by atoms with Crippen LogP contribution in [0.2, 0.25) is 0 Å². The first kappa shape index (κ1) is 16.9. The zero-order valence-electron chi connectivity index (χ0n) is 13.4. The van der Waals surface area contributed by atoms with Crippen molar-refractivity contribution in [2.75, 3.05) is 18.5 Å². The molecule has 6 nitrogen and oxygen atoms in total. The molecule has 7 heteroatoms. The van der Waals surface area contributed by atoms with Crippen molar-refractivity contribution in [1.29, 1.82) is 5.26 Å². The highest BCUT2D eigenvalue weighted by Gasteiger charge is 2.20. The number of pyridine rings is 2. The SMILES string of the molecule is CN(CC(N)=O)c1c(C#N)c(-c2ccc(Br)cc2)nc2cnccc12. The molecule has 0 atom stereocenters. The Morgan fingerprint density at radius 2 is 2.04 bits per heavy atom. The summed E-state index contributed by atoms with van der Waals surface area (Å²) in [4.78, 5) is 21.8. The van der Waals surface area contributed by atoms with Crippen molar-refractivity contribution in [2.24, 2.45) is 5.73 Å². The van der Waals surface area contributed by atoms with Crippen LogP contribution >= 0.6 is 15.9 Å². The van der Waals surface area contributed by atoms with Gasteiger partial charge in [-0.1, -0.05) is 28.1 Å². The minimum Gasteiger partial charge on any atom is -0.368 e. The van der Waals surface area contributed by atoms with Crippen molar-refractivity contribution in [1.82, 2.24) is 9.97 Å². The molecule has 0 saturated heterocycles. The summed E-state index contributed by atoms with van der Waals surface area (Å²) in [6, 6.07) is 11.6. The molecule has 25 heavy (non-hydrogen) atoms. The molecule has 2 heterocycles. The molecule has 0 saturated carbocycles. The van der Waals surface area contributed by atoms with E-state index < -0.39 is 5.91 Å². The van der Waals surface area contributed by atoms with E-state index in [-0.39, 0.29) is 6.54 Å². The summed E-state index contributed by atoms with van der Waals surface area (Å²) < 4.78 is 0.934. The minimum atomic E-state index is -0.476. The maximum Gasteiger partial charge on any atom is 0.236 e. The molecular formula is C18H14BrN5O. The van der Waals surface area contributed by atoms with Crippen molar-refractivity contribution in [2.45, 2.75) is 0 Å². The number of aromatic nitrogens is 2. The Balaban J connectivity index is 2.33. The Morgan fingerprint density at radius 1 is 1.32 bits per heavy atom. The van der Waals surface area contributed by atoms with Crippen LogP contribution in [-0.2, 0) is 4.79 Å². The van der Waals surface area contributed by atoms with Crippen LogP contribution in [-0.4, -0.2) is 29.5 Å². The Morgan fingerprint density at radius 3 is 2.68 bits per heavy atom. The molecule has 0 unspecified atom stereocenters. The van der Waals surface area contributed by atoms with Gasteiger partial charge in [0.05, 0.1) is 29.6 Å². The fourth-order valence-corrected chi connectivity index (χ4v) is 2.99. The second-order valence-electron chi connectivity index (χ2n) is 5.52. The molecule has 0 aliphatic carbocycles. The first-order chi connectivity index (χ1) is 12.0. The number of nitrogens with zero attached hydrogens (tertiary/aromatic N) is 4. The number of carbonyl (C=O) groups excluding carboxylic acids is 1. The van der Waals surface area contributed by atoms with Gasteiger partial charge in [-0.15, -0.1) is 0 Å². The van der Waals surface area contributed by atoms with Crippen LogP contribution in [0.4, 0.5) is 5.69 Å². The number of nitriles is 1. The number of fused-ring (bicyclic) bond motifs is 1. The molecule has 0 aliphatic rings. The number of halogens is 1. The number of nitrogens with two attached hydrogens (primary N) is 1. The smallest absolute Gasteiger partial charge is 0.236 e. The molecule has 0 bridgehead atoms. The van der Waals surface area contributed by atoms with Crippen LogP contribution in [0.25, 0.3) is 22.2 Å². The number of primary amides is 1. The van der Waals surface area contributed by atoms with Gasteiger partial charge in [0.25, 0.3) is 0 Å². The fourth-order valence-electron chi connectivity index (χ4n) is 2.73. The van der Waals surface area contributed by atoms with E-state index in [9.17, 15) is 10.1 Å². The molecule has 0 aliphatic heterocycles. The van der Waals surface area contributed by atoms with Crippen molar-refractivity contribution in [3.05, 3.63) is 52.8 Å². The number of likely N-dealkylation sites (N-methyl/N-ethyl adjacent to an activating group) is 1. The zero-order chi connectivity index (χ0) is 18.0. The van der Waals surface area contributed by atoms with Gasteiger partial charge in [0, 0.05) is 28.7 Å². The molecule has 124 valence electrons. The summed E-state index contributed by atoms with van der Waals surface area (Å²) in [7, 11) is 1.73. The summed E-state index contributed by atoms with van der Waals surface area (Å²) in [6.45, 7) is -0.00407.